The van der Waals surface area contributed by atoms with Crippen LogP contribution in [0.2, 0.25) is 0 Å². The van der Waals surface area contributed by atoms with E-state index in [1.54, 1.807) is 0 Å². The molecule has 0 fully saturated rings. The Bertz CT molecular complexity index is 360. The minimum atomic E-state index is 0.373. The molecule has 1 heterocycles. The minimum absolute atomic E-state index is 0.373. The van der Waals surface area contributed by atoms with Gasteiger partial charge in [-0.25, -0.2) is 0 Å². The highest BCUT2D eigenvalue weighted by Gasteiger charge is 2.18. The second-order valence-corrected chi connectivity index (χ2v) is 5.56. The molecule has 0 saturated heterocycles. The maximum atomic E-state index is 4.57. The zero-order valence-corrected chi connectivity index (χ0v) is 12.7. The van der Waals surface area contributed by atoms with Crippen molar-refractivity contribution in [3.8, 4) is 0 Å². The van der Waals surface area contributed by atoms with Gasteiger partial charge in [-0.3, -0.25) is 4.68 Å². The Balaban J connectivity index is 2.81. The fourth-order valence-corrected chi connectivity index (χ4v) is 3.05. The van der Waals surface area contributed by atoms with Gasteiger partial charge in [-0.15, -0.1) is 0 Å². The first-order chi connectivity index (χ1) is 8.01. The lowest BCUT2D eigenvalue weighted by atomic mass is 10.1. The summed E-state index contributed by atoms with van der Waals surface area (Å²) in [4.78, 5) is 0. The lowest BCUT2D eigenvalue weighted by Crippen LogP contribution is -2.31. The molecule has 1 aromatic heterocycles. The van der Waals surface area contributed by atoms with Crippen LogP contribution in [-0.2, 0) is 6.54 Å². The van der Waals surface area contributed by atoms with Crippen LogP contribution in [0.4, 0.5) is 0 Å². The third-order valence-electron chi connectivity index (χ3n) is 3.12. The molecular formula is C13H25N3S. The van der Waals surface area contributed by atoms with Crippen LogP contribution in [0.3, 0.4) is 0 Å². The highest BCUT2D eigenvalue weighted by atomic mass is 32.2. The summed E-state index contributed by atoms with van der Waals surface area (Å²) in [7, 11) is 0. The Labute approximate surface area is 109 Å². The fraction of sp³-hybridized carbons (Fsp3) is 0.769. The van der Waals surface area contributed by atoms with Crippen molar-refractivity contribution >= 4 is 11.8 Å². The summed E-state index contributed by atoms with van der Waals surface area (Å²) in [6.45, 7) is 11.8. The Hall–Kier alpha value is -0.480. The molecule has 2 unspecified atom stereocenters. The highest BCUT2D eigenvalue weighted by Crippen LogP contribution is 2.22. The van der Waals surface area contributed by atoms with Crippen LogP contribution in [0.1, 0.15) is 43.8 Å². The Morgan fingerprint density at radius 1 is 1.35 bits per heavy atom. The molecule has 0 radical (unpaired) electrons. The van der Waals surface area contributed by atoms with Gasteiger partial charge in [0.2, 0.25) is 0 Å². The van der Waals surface area contributed by atoms with Gasteiger partial charge in [-0.05, 0) is 40.9 Å². The van der Waals surface area contributed by atoms with Crippen molar-refractivity contribution in [2.75, 3.05) is 12.0 Å². The van der Waals surface area contributed by atoms with Crippen molar-refractivity contribution in [1.29, 1.82) is 0 Å². The maximum absolute atomic E-state index is 4.57. The van der Waals surface area contributed by atoms with E-state index in [1.807, 2.05) is 11.8 Å². The zero-order valence-electron chi connectivity index (χ0n) is 11.9. The molecule has 0 aromatic carbocycles. The summed E-state index contributed by atoms with van der Waals surface area (Å²) in [6.07, 6.45) is 2.15. The van der Waals surface area contributed by atoms with Gasteiger partial charge >= 0.3 is 0 Å². The van der Waals surface area contributed by atoms with Crippen LogP contribution in [0, 0.1) is 13.8 Å². The van der Waals surface area contributed by atoms with E-state index >= 15 is 0 Å². The van der Waals surface area contributed by atoms with Gasteiger partial charge in [0.25, 0.3) is 0 Å². The minimum Gasteiger partial charge on any atom is -0.307 e. The standard InChI is InChI=1S/C13H25N3S/c1-7-16-12(5)13(11(4)15-16)10(3)14-9(2)8-17-6/h9-10,14H,7-8H2,1-6H3. The van der Waals surface area contributed by atoms with Gasteiger partial charge in [0.1, 0.15) is 0 Å². The average molecular weight is 255 g/mol. The van der Waals surface area contributed by atoms with Gasteiger partial charge in [-0.1, -0.05) is 0 Å². The monoisotopic (exact) mass is 255 g/mol. The molecule has 2 atom stereocenters. The summed E-state index contributed by atoms with van der Waals surface area (Å²) in [5, 5.41) is 8.22. The first-order valence-electron chi connectivity index (χ1n) is 6.30. The third kappa shape index (κ3) is 3.49. The molecule has 3 nitrogen and oxygen atoms in total. The SMILES string of the molecule is CCn1nc(C)c(C(C)NC(C)CSC)c1C. The largest absolute Gasteiger partial charge is 0.307 e. The average Bonchev–Trinajstić information content (AvgIpc) is 2.53. The third-order valence-corrected chi connectivity index (χ3v) is 3.95. The molecule has 98 valence electrons. The van der Waals surface area contributed by atoms with Crippen molar-refractivity contribution < 1.29 is 0 Å². The molecule has 1 rings (SSSR count). The number of nitrogens with zero attached hydrogens (tertiary/aromatic N) is 2. The van der Waals surface area contributed by atoms with E-state index in [2.05, 4.69) is 56.0 Å². The van der Waals surface area contributed by atoms with E-state index < -0.39 is 0 Å². The molecule has 1 aromatic rings. The molecule has 0 aliphatic heterocycles. The van der Waals surface area contributed by atoms with E-state index in [-0.39, 0.29) is 0 Å². The predicted octanol–water partition coefficient (Wildman–Crippen LogP) is 2.92. The molecule has 0 aliphatic carbocycles. The number of hydrogen-bond acceptors (Lipinski definition) is 3. The molecule has 17 heavy (non-hydrogen) atoms. The van der Waals surface area contributed by atoms with Crippen molar-refractivity contribution in [3.05, 3.63) is 17.0 Å². The maximum Gasteiger partial charge on any atom is 0.0644 e. The number of aryl methyl sites for hydroxylation is 2. The molecule has 1 N–H and O–H groups in total. The zero-order chi connectivity index (χ0) is 13.0. The van der Waals surface area contributed by atoms with Gasteiger partial charge in [0.15, 0.2) is 0 Å². The summed E-state index contributed by atoms with van der Waals surface area (Å²) < 4.78 is 2.09. The van der Waals surface area contributed by atoms with E-state index in [0.717, 1.165) is 18.0 Å². The van der Waals surface area contributed by atoms with Crippen LogP contribution in [-0.4, -0.2) is 27.8 Å². The predicted molar refractivity (Wildman–Crippen MR) is 76.8 cm³/mol. The van der Waals surface area contributed by atoms with Crippen LogP contribution >= 0.6 is 11.8 Å². The van der Waals surface area contributed by atoms with Crippen LogP contribution in [0.5, 0.6) is 0 Å². The number of aromatic nitrogens is 2. The Kier molecular flexibility index (Phi) is 5.53. The number of thioether (sulfide) groups is 1. The number of nitrogens with one attached hydrogen (secondary N) is 1. The van der Waals surface area contributed by atoms with Crippen LogP contribution in [0.15, 0.2) is 0 Å². The summed E-state index contributed by atoms with van der Waals surface area (Å²) in [5.74, 6) is 1.14. The van der Waals surface area contributed by atoms with E-state index in [9.17, 15) is 0 Å². The van der Waals surface area contributed by atoms with Crippen molar-refractivity contribution in [2.45, 2.75) is 53.2 Å². The number of hydrogen-bond donors (Lipinski definition) is 1. The topological polar surface area (TPSA) is 29.9 Å². The normalized spacial score (nSPS) is 14.9. The second kappa shape index (κ2) is 6.45. The van der Waals surface area contributed by atoms with Crippen LogP contribution < -0.4 is 5.32 Å². The van der Waals surface area contributed by atoms with Gasteiger partial charge in [-0.2, -0.15) is 16.9 Å². The first-order valence-corrected chi connectivity index (χ1v) is 7.69. The second-order valence-electron chi connectivity index (χ2n) is 4.65. The van der Waals surface area contributed by atoms with E-state index in [0.29, 0.717) is 12.1 Å². The molecule has 0 aliphatic rings. The van der Waals surface area contributed by atoms with Crippen molar-refractivity contribution in [2.24, 2.45) is 0 Å². The number of rotatable bonds is 6. The molecule has 0 spiro atoms. The highest BCUT2D eigenvalue weighted by molar-refractivity contribution is 7.98. The van der Waals surface area contributed by atoms with E-state index in [4.69, 9.17) is 0 Å². The molecule has 0 saturated carbocycles. The van der Waals surface area contributed by atoms with E-state index in [1.165, 1.54) is 11.3 Å². The lowest BCUT2D eigenvalue weighted by Gasteiger charge is -2.20. The summed E-state index contributed by atoms with van der Waals surface area (Å²) >= 11 is 1.88. The summed E-state index contributed by atoms with van der Waals surface area (Å²) in [6, 6.07) is 0.904. The Morgan fingerprint density at radius 3 is 2.47 bits per heavy atom. The smallest absolute Gasteiger partial charge is 0.0644 e. The summed E-state index contributed by atoms with van der Waals surface area (Å²) in [5.41, 5.74) is 3.81. The lowest BCUT2D eigenvalue weighted by molar-refractivity contribution is 0.507. The first kappa shape index (κ1) is 14.6. The van der Waals surface area contributed by atoms with Crippen LogP contribution in [0.25, 0.3) is 0 Å². The van der Waals surface area contributed by atoms with Gasteiger partial charge in [0, 0.05) is 35.6 Å². The van der Waals surface area contributed by atoms with Crippen molar-refractivity contribution in [1.82, 2.24) is 15.1 Å². The fourth-order valence-electron chi connectivity index (χ4n) is 2.45. The molecule has 0 amide bonds. The molecular weight excluding hydrogens is 230 g/mol. The van der Waals surface area contributed by atoms with Gasteiger partial charge in [0.05, 0.1) is 5.69 Å². The molecule has 0 bridgehead atoms. The van der Waals surface area contributed by atoms with Crippen molar-refractivity contribution in [3.63, 3.8) is 0 Å². The quantitative estimate of drug-likeness (QED) is 0.847. The molecule has 4 heteroatoms. The van der Waals surface area contributed by atoms with Gasteiger partial charge < -0.3 is 5.32 Å². The Morgan fingerprint density at radius 2 is 2.00 bits per heavy atom.